The Balaban J connectivity index is 0.00000200. The van der Waals surface area contributed by atoms with Gasteiger partial charge in [0.05, 0.1) is 6.42 Å². The van der Waals surface area contributed by atoms with Gasteiger partial charge < -0.3 is 10.6 Å². The summed E-state index contributed by atoms with van der Waals surface area (Å²) in [5.41, 5.74) is 7.06. The van der Waals surface area contributed by atoms with Gasteiger partial charge in [-0.3, -0.25) is 4.79 Å². The molecule has 0 aliphatic carbocycles. The van der Waals surface area contributed by atoms with Crippen molar-refractivity contribution in [3.8, 4) is 0 Å². The summed E-state index contributed by atoms with van der Waals surface area (Å²) >= 11 is 3.44. The van der Waals surface area contributed by atoms with Crippen molar-refractivity contribution in [3.63, 3.8) is 0 Å². The minimum atomic E-state index is 0. The van der Waals surface area contributed by atoms with Gasteiger partial charge in [-0.25, -0.2) is 0 Å². The lowest BCUT2D eigenvalue weighted by molar-refractivity contribution is -0.134. The summed E-state index contributed by atoms with van der Waals surface area (Å²) in [5, 5.41) is 0. The summed E-state index contributed by atoms with van der Waals surface area (Å²) in [6.07, 6.45) is 3.75. The van der Waals surface area contributed by atoms with Gasteiger partial charge in [-0.1, -0.05) is 28.1 Å². The average Bonchev–Trinajstić information content (AvgIpc) is 2.38. The number of carbonyl (C=O) groups is 1. The Morgan fingerprint density at radius 2 is 2.25 bits per heavy atom. The fourth-order valence-electron chi connectivity index (χ4n) is 2.74. The van der Waals surface area contributed by atoms with Crippen LogP contribution in [0.25, 0.3) is 0 Å². The van der Waals surface area contributed by atoms with Gasteiger partial charge in [-0.05, 0) is 43.9 Å². The highest BCUT2D eigenvalue weighted by Gasteiger charge is 2.28. The number of benzene rings is 1. The first-order valence-electron chi connectivity index (χ1n) is 6.87. The van der Waals surface area contributed by atoms with Gasteiger partial charge in [-0.2, -0.15) is 0 Å². The monoisotopic (exact) mass is 360 g/mol. The first-order valence-corrected chi connectivity index (χ1v) is 7.66. The Hall–Kier alpha value is -0.580. The quantitative estimate of drug-likeness (QED) is 0.899. The molecule has 1 amide bonds. The van der Waals surface area contributed by atoms with Gasteiger partial charge in [-0.15, -0.1) is 12.4 Å². The second-order valence-electron chi connectivity index (χ2n) is 5.32. The van der Waals surface area contributed by atoms with E-state index in [-0.39, 0.29) is 30.4 Å². The molecule has 2 unspecified atom stereocenters. The van der Waals surface area contributed by atoms with E-state index in [4.69, 9.17) is 5.73 Å². The van der Waals surface area contributed by atoms with Gasteiger partial charge in [0.2, 0.25) is 5.91 Å². The van der Waals surface area contributed by atoms with E-state index in [0.29, 0.717) is 6.42 Å². The van der Waals surface area contributed by atoms with E-state index < -0.39 is 0 Å². The van der Waals surface area contributed by atoms with Crippen LogP contribution in [0.5, 0.6) is 0 Å². The first-order chi connectivity index (χ1) is 9.08. The lowest BCUT2D eigenvalue weighted by Gasteiger charge is -2.38. The predicted molar refractivity (Wildman–Crippen MR) is 88.1 cm³/mol. The molecule has 2 rings (SSSR count). The Morgan fingerprint density at radius 1 is 1.50 bits per heavy atom. The minimum absolute atomic E-state index is 0. The molecule has 1 aromatic carbocycles. The molecule has 1 aromatic rings. The molecule has 3 nitrogen and oxygen atoms in total. The van der Waals surface area contributed by atoms with E-state index in [1.807, 2.05) is 36.1 Å². The topological polar surface area (TPSA) is 46.3 Å². The number of nitrogens with zero attached hydrogens (tertiary/aromatic N) is 1. The van der Waals surface area contributed by atoms with Crippen molar-refractivity contribution in [3.05, 3.63) is 34.3 Å². The van der Waals surface area contributed by atoms with E-state index in [9.17, 15) is 4.79 Å². The number of hydrogen-bond acceptors (Lipinski definition) is 2. The lowest BCUT2D eigenvalue weighted by atomic mass is 9.96. The molecule has 5 heteroatoms. The zero-order chi connectivity index (χ0) is 13.8. The summed E-state index contributed by atoms with van der Waals surface area (Å²) in [6, 6.07) is 8.18. The number of amides is 1. The van der Waals surface area contributed by atoms with E-state index in [1.54, 1.807) is 0 Å². The number of carbonyl (C=O) groups excluding carboxylic acids is 1. The van der Waals surface area contributed by atoms with Crippen molar-refractivity contribution < 1.29 is 4.79 Å². The summed E-state index contributed by atoms with van der Waals surface area (Å²) in [4.78, 5) is 14.4. The highest BCUT2D eigenvalue weighted by atomic mass is 79.9. The summed E-state index contributed by atoms with van der Waals surface area (Å²) in [6.45, 7) is 2.84. The fraction of sp³-hybridized carbons (Fsp3) is 0.533. The van der Waals surface area contributed by atoms with Crippen molar-refractivity contribution in [2.75, 3.05) is 6.54 Å². The van der Waals surface area contributed by atoms with Crippen molar-refractivity contribution in [2.24, 2.45) is 5.73 Å². The van der Waals surface area contributed by atoms with Gasteiger partial charge in [0.25, 0.3) is 0 Å². The van der Waals surface area contributed by atoms with Gasteiger partial charge in [0.15, 0.2) is 0 Å². The molecule has 112 valence electrons. The number of halogens is 2. The van der Waals surface area contributed by atoms with Crippen molar-refractivity contribution >= 4 is 34.2 Å². The number of likely N-dealkylation sites (tertiary alicyclic amines) is 1. The normalized spacial score (nSPS) is 20.1. The molecular formula is C15H22BrClN2O. The molecule has 0 saturated carbocycles. The summed E-state index contributed by atoms with van der Waals surface area (Å²) < 4.78 is 1.01. The molecule has 0 spiro atoms. The molecule has 1 saturated heterocycles. The van der Waals surface area contributed by atoms with Crippen molar-refractivity contribution in [1.82, 2.24) is 4.90 Å². The molecule has 0 aromatic heterocycles. The van der Waals surface area contributed by atoms with Crippen LogP contribution in [0.15, 0.2) is 28.7 Å². The van der Waals surface area contributed by atoms with Gasteiger partial charge >= 0.3 is 0 Å². The van der Waals surface area contributed by atoms with Crippen LogP contribution in [0.2, 0.25) is 0 Å². The second kappa shape index (κ2) is 8.01. The Bertz CT molecular complexity index is 453. The van der Waals surface area contributed by atoms with Crippen LogP contribution in [0.1, 0.15) is 31.7 Å². The molecule has 0 radical (unpaired) electrons. The highest BCUT2D eigenvalue weighted by molar-refractivity contribution is 9.10. The molecule has 1 aliphatic rings. The first kappa shape index (κ1) is 17.5. The molecule has 2 atom stereocenters. The third kappa shape index (κ3) is 4.47. The smallest absolute Gasteiger partial charge is 0.227 e. The maximum Gasteiger partial charge on any atom is 0.227 e. The molecule has 20 heavy (non-hydrogen) atoms. The van der Waals surface area contributed by atoms with Crippen LogP contribution in [0.3, 0.4) is 0 Å². The molecule has 1 aliphatic heterocycles. The largest absolute Gasteiger partial charge is 0.338 e. The number of hydrogen-bond donors (Lipinski definition) is 1. The van der Waals surface area contributed by atoms with E-state index in [2.05, 4.69) is 15.9 Å². The van der Waals surface area contributed by atoms with E-state index in [0.717, 1.165) is 29.4 Å². The van der Waals surface area contributed by atoms with E-state index in [1.165, 1.54) is 6.42 Å². The summed E-state index contributed by atoms with van der Waals surface area (Å²) in [7, 11) is 0. The molecule has 1 fully saturated rings. The third-order valence-corrected chi connectivity index (χ3v) is 4.21. The zero-order valence-electron chi connectivity index (χ0n) is 11.7. The van der Waals surface area contributed by atoms with Crippen LogP contribution in [-0.4, -0.2) is 29.4 Å². The zero-order valence-corrected chi connectivity index (χ0v) is 14.1. The lowest BCUT2D eigenvalue weighted by Crippen LogP contribution is -2.52. The molecular weight excluding hydrogens is 340 g/mol. The number of rotatable bonds is 3. The Kier molecular flexibility index (Phi) is 7.00. The van der Waals surface area contributed by atoms with Crippen LogP contribution in [-0.2, 0) is 11.2 Å². The molecule has 2 N–H and O–H groups in total. The van der Waals surface area contributed by atoms with Crippen molar-refractivity contribution in [1.29, 1.82) is 0 Å². The minimum Gasteiger partial charge on any atom is -0.338 e. The third-order valence-electron chi connectivity index (χ3n) is 3.72. The van der Waals surface area contributed by atoms with E-state index >= 15 is 0 Å². The number of nitrogens with two attached hydrogens (primary N) is 1. The SMILES string of the molecule is CC(N)C1CCCCN1C(=O)Cc1cccc(Br)c1.Cl. The average molecular weight is 362 g/mol. The summed E-state index contributed by atoms with van der Waals surface area (Å²) in [5.74, 6) is 0.195. The van der Waals surface area contributed by atoms with Crippen LogP contribution in [0.4, 0.5) is 0 Å². The Morgan fingerprint density at radius 3 is 2.90 bits per heavy atom. The maximum absolute atomic E-state index is 12.4. The van der Waals surface area contributed by atoms with Gasteiger partial charge in [0, 0.05) is 23.1 Å². The Labute approximate surface area is 135 Å². The molecule has 1 heterocycles. The van der Waals surface area contributed by atoms with Crippen LogP contribution in [0, 0.1) is 0 Å². The number of piperidine rings is 1. The van der Waals surface area contributed by atoms with Gasteiger partial charge in [0.1, 0.15) is 0 Å². The molecule has 0 bridgehead atoms. The second-order valence-corrected chi connectivity index (χ2v) is 6.23. The van der Waals surface area contributed by atoms with Crippen LogP contribution < -0.4 is 5.73 Å². The fourth-order valence-corrected chi connectivity index (χ4v) is 3.18. The predicted octanol–water partition coefficient (Wildman–Crippen LogP) is 3.14. The van der Waals surface area contributed by atoms with Crippen LogP contribution >= 0.6 is 28.3 Å². The standard InChI is InChI=1S/C15H21BrN2O.ClH/c1-11(17)14-7-2-3-8-18(14)15(19)10-12-5-4-6-13(16)9-12;/h4-6,9,11,14H,2-3,7-8,10,17H2,1H3;1H. The van der Waals surface area contributed by atoms with Crippen molar-refractivity contribution in [2.45, 2.75) is 44.7 Å². The maximum atomic E-state index is 12.4. The highest BCUT2D eigenvalue weighted by Crippen LogP contribution is 2.21.